The van der Waals surface area contributed by atoms with Crippen LogP contribution in [0.5, 0.6) is 5.75 Å². The Morgan fingerprint density at radius 1 is 1.22 bits per heavy atom. The van der Waals surface area contributed by atoms with Crippen LogP contribution in [-0.4, -0.2) is 29.8 Å². The number of benzene rings is 1. The molecule has 0 bridgehead atoms. The first-order valence-electron chi connectivity index (χ1n) is 7.23. The van der Waals surface area contributed by atoms with E-state index in [1.165, 1.54) is 16.9 Å². The Bertz CT molecular complexity index is 647. The average Bonchev–Trinajstić information content (AvgIpc) is 2.92. The first kappa shape index (κ1) is 17.4. The van der Waals surface area contributed by atoms with E-state index in [0.717, 1.165) is 0 Å². The number of hydrogen-bond acceptors (Lipinski definition) is 6. The SMILES string of the molecule is COCc1nnc(NC(=O)COc2ccc(C(C)(C)C)cc2)s1. The van der Waals surface area contributed by atoms with Gasteiger partial charge in [-0.2, -0.15) is 0 Å². The normalized spacial score (nSPS) is 11.3. The van der Waals surface area contributed by atoms with Crippen molar-refractivity contribution in [3.05, 3.63) is 34.8 Å². The second-order valence-corrected chi connectivity index (χ2v) is 7.11. The number of hydrogen-bond donors (Lipinski definition) is 1. The molecule has 1 heterocycles. The van der Waals surface area contributed by atoms with Crippen LogP contribution in [0.3, 0.4) is 0 Å². The summed E-state index contributed by atoms with van der Waals surface area (Å²) in [4.78, 5) is 11.9. The summed E-state index contributed by atoms with van der Waals surface area (Å²) in [5.41, 5.74) is 1.31. The lowest BCUT2D eigenvalue weighted by molar-refractivity contribution is -0.118. The molecular weight excluding hydrogens is 314 g/mol. The molecule has 1 aromatic carbocycles. The Balaban J connectivity index is 1.84. The molecule has 1 aromatic heterocycles. The highest BCUT2D eigenvalue weighted by atomic mass is 32.1. The van der Waals surface area contributed by atoms with Crippen LogP contribution in [0.25, 0.3) is 0 Å². The molecule has 6 nitrogen and oxygen atoms in total. The van der Waals surface area contributed by atoms with Crippen molar-refractivity contribution >= 4 is 22.4 Å². The summed E-state index contributed by atoms with van der Waals surface area (Å²) in [5, 5.41) is 11.6. The predicted molar refractivity (Wildman–Crippen MR) is 89.9 cm³/mol. The van der Waals surface area contributed by atoms with Crippen molar-refractivity contribution < 1.29 is 14.3 Å². The van der Waals surface area contributed by atoms with Crippen LogP contribution in [0.4, 0.5) is 5.13 Å². The van der Waals surface area contributed by atoms with Gasteiger partial charge < -0.3 is 9.47 Å². The Hall–Kier alpha value is -1.99. The van der Waals surface area contributed by atoms with Gasteiger partial charge in [-0.1, -0.05) is 44.2 Å². The minimum absolute atomic E-state index is 0.0753. The molecule has 2 aromatic rings. The number of nitrogens with zero attached hydrogens (tertiary/aromatic N) is 2. The molecule has 0 atom stereocenters. The molecular formula is C16H21N3O3S. The van der Waals surface area contributed by atoms with Gasteiger partial charge in [-0.15, -0.1) is 10.2 Å². The molecule has 0 aliphatic heterocycles. The van der Waals surface area contributed by atoms with E-state index in [-0.39, 0.29) is 17.9 Å². The van der Waals surface area contributed by atoms with Crippen LogP contribution >= 0.6 is 11.3 Å². The average molecular weight is 335 g/mol. The van der Waals surface area contributed by atoms with Crippen molar-refractivity contribution in [2.75, 3.05) is 19.0 Å². The molecule has 0 aliphatic rings. The quantitative estimate of drug-likeness (QED) is 0.878. The third kappa shape index (κ3) is 5.30. The molecule has 0 aliphatic carbocycles. The molecule has 124 valence electrons. The minimum Gasteiger partial charge on any atom is -0.484 e. The van der Waals surface area contributed by atoms with Crippen molar-refractivity contribution in [1.29, 1.82) is 0 Å². The van der Waals surface area contributed by atoms with E-state index in [1.807, 2.05) is 24.3 Å². The number of nitrogens with one attached hydrogen (secondary N) is 1. The molecule has 0 saturated carbocycles. The van der Waals surface area contributed by atoms with Crippen LogP contribution < -0.4 is 10.1 Å². The Morgan fingerprint density at radius 2 is 1.91 bits per heavy atom. The maximum atomic E-state index is 11.9. The van der Waals surface area contributed by atoms with E-state index in [4.69, 9.17) is 9.47 Å². The van der Waals surface area contributed by atoms with E-state index >= 15 is 0 Å². The van der Waals surface area contributed by atoms with Gasteiger partial charge in [0.25, 0.3) is 5.91 Å². The van der Waals surface area contributed by atoms with Crippen LogP contribution in [0, 0.1) is 0 Å². The maximum Gasteiger partial charge on any atom is 0.264 e. The van der Waals surface area contributed by atoms with Crippen molar-refractivity contribution in [2.45, 2.75) is 32.8 Å². The van der Waals surface area contributed by atoms with Crippen LogP contribution in [0.15, 0.2) is 24.3 Å². The van der Waals surface area contributed by atoms with Crippen LogP contribution in [0.1, 0.15) is 31.3 Å². The van der Waals surface area contributed by atoms with Gasteiger partial charge in [0.2, 0.25) is 5.13 Å². The second kappa shape index (κ2) is 7.52. The number of methoxy groups -OCH3 is 1. The number of amides is 1. The summed E-state index contributed by atoms with van der Waals surface area (Å²) < 4.78 is 10.4. The Labute approximate surface area is 139 Å². The van der Waals surface area contributed by atoms with E-state index in [2.05, 4.69) is 36.3 Å². The molecule has 1 amide bonds. The summed E-state index contributed by atoms with van der Waals surface area (Å²) in [6.07, 6.45) is 0. The van der Waals surface area contributed by atoms with Gasteiger partial charge in [-0.25, -0.2) is 0 Å². The minimum atomic E-state index is -0.273. The predicted octanol–water partition coefficient (Wildman–Crippen LogP) is 3.00. The number of aromatic nitrogens is 2. The van der Waals surface area contributed by atoms with Gasteiger partial charge in [0, 0.05) is 7.11 Å². The summed E-state index contributed by atoms with van der Waals surface area (Å²) in [6, 6.07) is 7.76. The topological polar surface area (TPSA) is 73.3 Å². The van der Waals surface area contributed by atoms with Crippen molar-refractivity contribution in [3.63, 3.8) is 0 Å². The van der Waals surface area contributed by atoms with E-state index in [1.54, 1.807) is 7.11 Å². The Morgan fingerprint density at radius 3 is 2.52 bits per heavy atom. The molecule has 7 heteroatoms. The Kier molecular flexibility index (Phi) is 5.68. The summed E-state index contributed by atoms with van der Waals surface area (Å²) in [5.74, 6) is 0.385. The highest BCUT2D eigenvalue weighted by Crippen LogP contribution is 2.24. The standard InChI is InChI=1S/C16H21N3O3S/c1-16(2,3)11-5-7-12(8-6-11)22-9-13(20)17-15-19-18-14(23-15)10-21-4/h5-8H,9-10H2,1-4H3,(H,17,19,20). The molecule has 1 N–H and O–H groups in total. The fourth-order valence-electron chi connectivity index (χ4n) is 1.84. The smallest absolute Gasteiger partial charge is 0.264 e. The van der Waals surface area contributed by atoms with Crippen LogP contribution in [0.2, 0.25) is 0 Å². The van der Waals surface area contributed by atoms with Gasteiger partial charge in [-0.05, 0) is 23.1 Å². The van der Waals surface area contributed by atoms with Gasteiger partial charge in [0.15, 0.2) is 6.61 Å². The number of carbonyl (C=O) groups excluding carboxylic acids is 1. The monoisotopic (exact) mass is 335 g/mol. The van der Waals surface area contributed by atoms with Gasteiger partial charge in [0.05, 0.1) is 0 Å². The van der Waals surface area contributed by atoms with Crippen molar-refractivity contribution in [1.82, 2.24) is 10.2 Å². The number of anilines is 1. The summed E-state index contributed by atoms with van der Waals surface area (Å²) >= 11 is 1.28. The second-order valence-electron chi connectivity index (χ2n) is 6.05. The third-order valence-electron chi connectivity index (χ3n) is 3.07. The van der Waals surface area contributed by atoms with Gasteiger partial charge in [-0.3, -0.25) is 10.1 Å². The van der Waals surface area contributed by atoms with Gasteiger partial charge in [0.1, 0.15) is 17.4 Å². The van der Waals surface area contributed by atoms with E-state index in [0.29, 0.717) is 22.5 Å². The largest absolute Gasteiger partial charge is 0.484 e. The molecule has 23 heavy (non-hydrogen) atoms. The highest BCUT2D eigenvalue weighted by molar-refractivity contribution is 7.15. The lowest BCUT2D eigenvalue weighted by atomic mass is 9.87. The molecule has 2 rings (SSSR count). The number of carbonyl (C=O) groups is 1. The highest BCUT2D eigenvalue weighted by Gasteiger charge is 2.13. The zero-order chi connectivity index (χ0) is 16.9. The van der Waals surface area contributed by atoms with Crippen molar-refractivity contribution in [3.8, 4) is 5.75 Å². The molecule has 0 saturated heterocycles. The van der Waals surface area contributed by atoms with E-state index < -0.39 is 0 Å². The molecule has 0 radical (unpaired) electrons. The zero-order valence-electron chi connectivity index (χ0n) is 13.8. The first-order valence-corrected chi connectivity index (χ1v) is 8.04. The zero-order valence-corrected chi connectivity index (χ0v) is 14.6. The number of ether oxygens (including phenoxy) is 2. The summed E-state index contributed by atoms with van der Waals surface area (Å²) in [7, 11) is 1.58. The fraction of sp³-hybridized carbons (Fsp3) is 0.438. The number of rotatable bonds is 6. The van der Waals surface area contributed by atoms with E-state index in [9.17, 15) is 4.79 Å². The third-order valence-corrected chi connectivity index (χ3v) is 3.88. The first-order chi connectivity index (χ1) is 10.9. The van der Waals surface area contributed by atoms with Crippen LogP contribution in [-0.2, 0) is 21.6 Å². The fourth-order valence-corrected chi connectivity index (χ4v) is 2.57. The summed E-state index contributed by atoms with van der Waals surface area (Å²) in [6.45, 7) is 6.75. The molecule has 0 unspecified atom stereocenters. The van der Waals surface area contributed by atoms with Gasteiger partial charge >= 0.3 is 0 Å². The van der Waals surface area contributed by atoms with Crippen molar-refractivity contribution in [2.24, 2.45) is 0 Å². The lowest BCUT2D eigenvalue weighted by Gasteiger charge is -2.19. The lowest BCUT2D eigenvalue weighted by Crippen LogP contribution is -2.20. The molecule has 0 fully saturated rings. The maximum absolute atomic E-state index is 11.9. The molecule has 0 spiro atoms.